The topological polar surface area (TPSA) is 15.3 Å². The predicted molar refractivity (Wildman–Crippen MR) is 81.2 cm³/mol. The van der Waals surface area contributed by atoms with Gasteiger partial charge in [0, 0.05) is 43.7 Å². The van der Waals surface area contributed by atoms with Crippen molar-refractivity contribution in [2.75, 3.05) is 37.7 Å². The van der Waals surface area contributed by atoms with Gasteiger partial charge in [0.1, 0.15) is 5.82 Å². The summed E-state index contributed by atoms with van der Waals surface area (Å²) in [6.45, 7) is 6.69. The Bertz CT molecular complexity index is 363. The van der Waals surface area contributed by atoms with Crippen molar-refractivity contribution in [1.29, 1.82) is 0 Å². The van der Waals surface area contributed by atoms with E-state index in [4.69, 9.17) is 0 Å². The summed E-state index contributed by atoms with van der Waals surface area (Å²) in [7, 11) is 0. The van der Waals surface area contributed by atoms with Crippen LogP contribution in [-0.4, -0.2) is 42.6 Å². The summed E-state index contributed by atoms with van der Waals surface area (Å²) < 4.78 is 12.9. The van der Waals surface area contributed by atoms with E-state index in [9.17, 15) is 4.39 Å². The second-order valence-corrected chi connectivity index (χ2v) is 6.15. The molecule has 0 aliphatic carbocycles. The Balaban J connectivity index is 1.77. The average molecular weight is 282 g/mol. The minimum Gasteiger partial charge on any atom is -0.309 e. The second kappa shape index (κ2) is 7.88. The number of halogens is 1. The normalized spacial score (nSPS) is 18.4. The van der Waals surface area contributed by atoms with E-state index in [0.717, 1.165) is 19.5 Å². The molecule has 1 atom stereocenters. The molecule has 1 fully saturated rings. The Morgan fingerprint density at radius 2 is 1.95 bits per heavy atom. The molecule has 0 bridgehead atoms. The predicted octanol–water partition coefficient (Wildman–Crippen LogP) is 2.92. The van der Waals surface area contributed by atoms with Crippen molar-refractivity contribution in [3.05, 3.63) is 35.6 Å². The second-order valence-electron chi connectivity index (χ2n) is 4.92. The van der Waals surface area contributed by atoms with Gasteiger partial charge in [0.15, 0.2) is 0 Å². The largest absolute Gasteiger partial charge is 0.309 e. The molecular formula is C15H23FN2S. The van der Waals surface area contributed by atoms with Gasteiger partial charge in [0.25, 0.3) is 0 Å². The van der Waals surface area contributed by atoms with E-state index in [1.807, 2.05) is 23.9 Å². The number of thioether (sulfide) groups is 1. The van der Waals surface area contributed by atoms with Crippen LogP contribution in [0.1, 0.15) is 24.9 Å². The standard InChI is InChI=1S/C15H23FN2S/c1-2-15(13-3-5-14(16)6-4-13)17-7-8-18-9-11-19-12-10-18/h3-6,15,17H,2,7-12H2,1H3. The van der Waals surface area contributed by atoms with E-state index in [-0.39, 0.29) is 5.82 Å². The monoisotopic (exact) mass is 282 g/mol. The fraction of sp³-hybridized carbons (Fsp3) is 0.600. The number of nitrogens with zero attached hydrogens (tertiary/aromatic N) is 1. The highest BCUT2D eigenvalue weighted by Crippen LogP contribution is 2.16. The van der Waals surface area contributed by atoms with Gasteiger partial charge in [-0.25, -0.2) is 4.39 Å². The van der Waals surface area contributed by atoms with Crippen LogP contribution in [0.25, 0.3) is 0 Å². The van der Waals surface area contributed by atoms with Crippen LogP contribution in [0.3, 0.4) is 0 Å². The third-order valence-electron chi connectivity index (χ3n) is 3.60. The lowest BCUT2D eigenvalue weighted by Crippen LogP contribution is -2.38. The van der Waals surface area contributed by atoms with Gasteiger partial charge in [-0.15, -0.1) is 0 Å². The number of benzene rings is 1. The van der Waals surface area contributed by atoms with E-state index in [1.165, 1.54) is 30.2 Å². The Morgan fingerprint density at radius 3 is 2.58 bits per heavy atom. The summed E-state index contributed by atoms with van der Waals surface area (Å²) >= 11 is 2.04. The van der Waals surface area contributed by atoms with Crippen molar-refractivity contribution < 1.29 is 4.39 Å². The van der Waals surface area contributed by atoms with E-state index >= 15 is 0 Å². The summed E-state index contributed by atoms with van der Waals surface area (Å²) in [4.78, 5) is 2.51. The van der Waals surface area contributed by atoms with E-state index in [0.29, 0.717) is 6.04 Å². The first-order valence-corrected chi connectivity index (χ1v) is 8.24. The highest BCUT2D eigenvalue weighted by molar-refractivity contribution is 7.99. The van der Waals surface area contributed by atoms with E-state index in [2.05, 4.69) is 17.1 Å². The summed E-state index contributed by atoms with van der Waals surface area (Å²) in [5, 5.41) is 3.58. The van der Waals surface area contributed by atoms with Gasteiger partial charge in [-0.05, 0) is 24.1 Å². The zero-order valence-electron chi connectivity index (χ0n) is 11.6. The van der Waals surface area contributed by atoms with Gasteiger partial charge in [-0.1, -0.05) is 19.1 Å². The van der Waals surface area contributed by atoms with Gasteiger partial charge in [0.2, 0.25) is 0 Å². The molecule has 0 aromatic heterocycles. The van der Waals surface area contributed by atoms with Crippen molar-refractivity contribution in [1.82, 2.24) is 10.2 Å². The zero-order valence-corrected chi connectivity index (χ0v) is 12.4. The summed E-state index contributed by atoms with van der Waals surface area (Å²) in [5.41, 5.74) is 1.18. The molecule has 1 N–H and O–H groups in total. The van der Waals surface area contributed by atoms with Crippen LogP contribution >= 0.6 is 11.8 Å². The van der Waals surface area contributed by atoms with Crippen molar-refractivity contribution >= 4 is 11.8 Å². The molecule has 0 saturated carbocycles. The Labute approximate surface area is 119 Å². The van der Waals surface area contributed by atoms with Crippen molar-refractivity contribution in [3.63, 3.8) is 0 Å². The van der Waals surface area contributed by atoms with Crippen LogP contribution in [0.15, 0.2) is 24.3 Å². The van der Waals surface area contributed by atoms with Gasteiger partial charge in [0.05, 0.1) is 0 Å². The molecule has 0 radical (unpaired) electrons. The smallest absolute Gasteiger partial charge is 0.123 e. The SMILES string of the molecule is CCC(NCCN1CCSCC1)c1ccc(F)cc1. The Kier molecular flexibility index (Phi) is 6.14. The van der Waals surface area contributed by atoms with E-state index in [1.54, 1.807) is 12.1 Å². The third-order valence-corrected chi connectivity index (χ3v) is 4.55. The first-order valence-electron chi connectivity index (χ1n) is 7.08. The van der Waals surface area contributed by atoms with Crippen LogP contribution in [0, 0.1) is 5.82 Å². The summed E-state index contributed by atoms with van der Waals surface area (Å²) in [6.07, 6.45) is 1.03. The third kappa shape index (κ3) is 4.79. The Hall–Kier alpha value is -0.580. The minimum absolute atomic E-state index is 0.163. The summed E-state index contributed by atoms with van der Waals surface area (Å²) in [5.74, 6) is 2.36. The number of rotatable bonds is 6. The highest BCUT2D eigenvalue weighted by Gasteiger charge is 2.12. The molecule has 1 aliphatic rings. The molecule has 1 unspecified atom stereocenters. The molecule has 19 heavy (non-hydrogen) atoms. The molecular weight excluding hydrogens is 259 g/mol. The molecule has 4 heteroatoms. The molecule has 106 valence electrons. The molecule has 2 rings (SSSR count). The first-order chi connectivity index (χ1) is 9.29. The van der Waals surface area contributed by atoms with Crippen LogP contribution in [0.4, 0.5) is 4.39 Å². The molecule has 0 spiro atoms. The van der Waals surface area contributed by atoms with Gasteiger partial charge in [-0.3, -0.25) is 0 Å². The lowest BCUT2D eigenvalue weighted by atomic mass is 10.0. The van der Waals surface area contributed by atoms with E-state index < -0.39 is 0 Å². The van der Waals surface area contributed by atoms with Gasteiger partial charge in [-0.2, -0.15) is 11.8 Å². The fourth-order valence-corrected chi connectivity index (χ4v) is 3.39. The Morgan fingerprint density at radius 1 is 1.26 bits per heavy atom. The first kappa shape index (κ1) is 14.8. The maximum absolute atomic E-state index is 12.9. The number of hydrogen-bond acceptors (Lipinski definition) is 3. The van der Waals surface area contributed by atoms with Crippen LogP contribution in [0.2, 0.25) is 0 Å². The zero-order chi connectivity index (χ0) is 13.5. The van der Waals surface area contributed by atoms with Gasteiger partial charge < -0.3 is 10.2 Å². The summed E-state index contributed by atoms with van der Waals surface area (Å²) in [6, 6.07) is 7.19. The molecule has 0 amide bonds. The number of nitrogens with one attached hydrogen (secondary N) is 1. The molecule has 1 saturated heterocycles. The molecule has 1 aromatic carbocycles. The van der Waals surface area contributed by atoms with Crippen LogP contribution in [-0.2, 0) is 0 Å². The van der Waals surface area contributed by atoms with Gasteiger partial charge >= 0.3 is 0 Å². The van der Waals surface area contributed by atoms with Crippen molar-refractivity contribution in [2.45, 2.75) is 19.4 Å². The molecule has 1 aromatic rings. The van der Waals surface area contributed by atoms with Crippen molar-refractivity contribution in [3.8, 4) is 0 Å². The maximum Gasteiger partial charge on any atom is 0.123 e. The number of hydrogen-bond donors (Lipinski definition) is 1. The van der Waals surface area contributed by atoms with Crippen molar-refractivity contribution in [2.24, 2.45) is 0 Å². The molecule has 1 aliphatic heterocycles. The average Bonchev–Trinajstić information content (AvgIpc) is 2.46. The fourth-order valence-electron chi connectivity index (χ4n) is 2.41. The van der Waals surface area contributed by atoms with Crippen LogP contribution in [0.5, 0.6) is 0 Å². The lowest BCUT2D eigenvalue weighted by molar-refractivity contribution is 0.294. The molecule has 1 heterocycles. The quantitative estimate of drug-likeness (QED) is 0.863. The highest BCUT2D eigenvalue weighted by atomic mass is 32.2. The van der Waals surface area contributed by atoms with Crippen LogP contribution < -0.4 is 5.32 Å². The molecule has 2 nitrogen and oxygen atoms in total. The lowest BCUT2D eigenvalue weighted by Gasteiger charge is -2.27. The minimum atomic E-state index is -0.163. The maximum atomic E-state index is 12.9.